The number of nitrogens with zero attached hydrogens (tertiary/aromatic N) is 9. The van der Waals surface area contributed by atoms with Crippen LogP contribution in [0.5, 0.6) is 17.2 Å². The average molecular weight is 1880 g/mol. The number of benzene rings is 7. The Bertz CT molecular complexity index is 6910. The van der Waals surface area contributed by atoms with Crippen molar-refractivity contribution in [3.8, 4) is 62.5 Å². The maximum atomic E-state index is 10.7. The number of rotatable bonds is 9. The molecule has 0 radical (unpaired) electrons. The smallest absolute Gasteiger partial charge is 0.280 e. The van der Waals surface area contributed by atoms with Crippen LogP contribution in [0.4, 0.5) is 5.69 Å². The number of aryl methyl sites for hydroxylation is 10. The maximum absolute atomic E-state index is 10.7. The topological polar surface area (TPSA) is 186 Å². The fraction of sp³-hybridized carbons (Fsp3) is 0.434. The molecule has 14 nitrogen and oxygen atoms in total. The van der Waals surface area contributed by atoms with Crippen LogP contribution >= 0.6 is 12.6 Å². The zero-order valence-corrected chi connectivity index (χ0v) is 95.7. The Morgan fingerprint density at radius 3 is 0.841 bits per heavy atom. The van der Waals surface area contributed by atoms with Crippen LogP contribution in [0.3, 0.4) is 0 Å². The second-order valence-corrected chi connectivity index (χ2v) is 41.3. The molecular weight excluding hydrogens is 1710 g/mol. The number of hydrogen-bond acceptors (Lipinski definition) is 13. The summed E-state index contributed by atoms with van der Waals surface area (Å²) in [5.41, 5.74) is 73.9. The Kier molecular flexibility index (Phi) is 33.2. The molecule has 7 aromatic carbocycles. The van der Waals surface area contributed by atoms with Gasteiger partial charge in [-0.2, -0.15) is 10.9 Å². The van der Waals surface area contributed by atoms with Gasteiger partial charge in [0.2, 0.25) is 5.89 Å². The van der Waals surface area contributed by atoms with Gasteiger partial charge < -0.3 is 34.2 Å². The minimum absolute atomic E-state index is 0.275. The minimum Gasteiger partial charge on any atom is -0.507 e. The van der Waals surface area contributed by atoms with Gasteiger partial charge in [0, 0.05) is 62.5 Å². The number of aromatic nitrogens is 9. The number of nitrogens with one attached hydrogen (secondary N) is 1. The second-order valence-electron chi connectivity index (χ2n) is 40.8. The maximum Gasteiger partial charge on any atom is 0.280 e. The van der Waals surface area contributed by atoms with Crippen molar-refractivity contribution < 1.29 is 19.7 Å². The number of pyridine rings is 4. The summed E-state index contributed by atoms with van der Waals surface area (Å²) < 4.78 is 10.4. The van der Waals surface area contributed by atoms with Crippen molar-refractivity contribution >= 4 is 46.6 Å². The molecule has 0 spiro atoms. The molecule has 14 aromatic rings. The van der Waals surface area contributed by atoms with Crippen LogP contribution in [0.2, 0.25) is 0 Å². The molecule has 0 amide bonds. The van der Waals surface area contributed by atoms with E-state index in [-0.39, 0.29) is 5.75 Å². The predicted octanol–water partition coefficient (Wildman–Crippen LogP) is 30.0. The first-order valence-corrected chi connectivity index (χ1v) is 49.6. The van der Waals surface area contributed by atoms with Gasteiger partial charge in [0.05, 0.1) is 39.7 Å². The molecule has 0 bridgehead atoms. The zero-order valence-electron chi connectivity index (χ0n) is 94.8. The summed E-state index contributed by atoms with van der Waals surface area (Å²) in [5, 5.41) is 46.6. The lowest BCUT2D eigenvalue weighted by Crippen LogP contribution is -2.74. The number of thiol groups is 1. The lowest BCUT2D eigenvalue weighted by Gasteiger charge is -2.50. The monoisotopic (exact) mass is 1880 g/mol. The van der Waals surface area contributed by atoms with Crippen LogP contribution in [0.1, 0.15) is 291 Å². The standard InChI is InChI=1S/C34H48BN4.C20H28N2.C19H25NO.C19H25NS.C15H19NO2.C15H19NO/c1-17-19(3)23(7)33(24(8)20(17)4)35(38-31(15)27(11)29(13)36-38,39-32(16)28(12)30(14)37-39)34-25(9)21(5)18(2)22(6)26(34)10;1-10-11(2)15(6)19(21-9)18(14(10)5)20-16(7)12(3)13(4)17(8)22-20;2*1-9-10(2)15(7)19(21)17(13(9)5)18-14(6)11(3)12(4)16(8)20-18;1-7-8(2)10(4)14(17)13(9(7)3)15-16-11(5)12(6)18-15;1-7-9(3)13-10(4)8(2)12(6)16-14(13)15(17)11(7)5/h1-16H3;21H,1-9H3;2*21H,1-8H3;17H,1-6H3;17H,1-6H3/q-1;;;;;. The van der Waals surface area contributed by atoms with Crippen LogP contribution < -0.4 is 16.2 Å². The van der Waals surface area contributed by atoms with E-state index in [1.807, 2.05) is 69.4 Å². The third kappa shape index (κ3) is 18.8. The molecule has 736 valence electrons. The number of phenols is 3. The number of fused-ring (bicyclic) bond motifs is 1. The van der Waals surface area contributed by atoms with E-state index in [9.17, 15) is 15.3 Å². The Balaban J connectivity index is 0.000000191. The molecule has 0 aliphatic carbocycles. The number of oxazole rings is 1. The van der Waals surface area contributed by atoms with Crippen molar-refractivity contribution in [2.75, 3.05) is 12.4 Å². The summed E-state index contributed by atoms with van der Waals surface area (Å²) in [6, 6.07) is 0. The van der Waals surface area contributed by atoms with Gasteiger partial charge in [-0.15, -0.1) is 12.6 Å². The summed E-state index contributed by atoms with van der Waals surface area (Å²) in [6.07, 6.45) is -1.86. The zero-order chi connectivity index (χ0) is 105. The lowest BCUT2D eigenvalue weighted by molar-refractivity contribution is 0.466. The second kappa shape index (κ2) is 41.6. The third-order valence-corrected chi connectivity index (χ3v) is 35.4. The Hall–Kier alpha value is -11.4. The third-order valence-electron chi connectivity index (χ3n) is 34.8. The van der Waals surface area contributed by atoms with E-state index >= 15 is 0 Å². The van der Waals surface area contributed by atoms with Gasteiger partial charge in [0.1, 0.15) is 28.5 Å². The van der Waals surface area contributed by atoms with E-state index in [0.29, 0.717) is 23.0 Å². The van der Waals surface area contributed by atoms with E-state index in [0.717, 1.165) is 134 Å². The van der Waals surface area contributed by atoms with E-state index in [1.165, 1.54) is 223 Å². The van der Waals surface area contributed by atoms with Crippen LogP contribution in [0, 0.1) is 360 Å². The van der Waals surface area contributed by atoms with E-state index in [1.54, 1.807) is 0 Å². The van der Waals surface area contributed by atoms with E-state index < -0.39 is 6.42 Å². The fourth-order valence-corrected chi connectivity index (χ4v) is 21.2. The van der Waals surface area contributed by atoms with Gasteiger partial charge in [0.15, 0.2) is 0 Å². The number of hydrogen-bond donors (Lipinski definition) is 5. The van der Waals surface area contributed by atoms with Crippen LogP contribution in [-0.2, 0) is 0 Å². The molecular formula is C122H164BN10O4S-. The van der Waals surface area contributed by atoms with Crippen LogP contribution in [-0.4, -0.2) is 73.1 Å². The first kappa shape index (κ1) is 110. The highest BCUT2D eigenvalue weighted by Gasteiger charge is 2.44. The van der Waals surface area contributed by atoms with Crippen molar-refractivity contribution in [2.45, 2.75) is 365 Å². The number of phenolic OH excluding ortho intramolecular Hbond substituents is 3. The molecule has 0 fully saturated rings. The summed E-state index contributed by atoms with van der Waals surface area (Å²) in [4.78, 5) is 24.6. The molecule has 0 atom stereocenters. The lowest BCUT2D eigenvalue weighted by atomic mass is 9.33. The van der Waals surface area contributed by atoms with Crippen molar-refractivity contribution in [1.82, 2.24) is 44.3 Å². The molecule has 0 saturated carbocycles. The van der Waals surface area contributed by atoms with Gasteiger partial charge in [-0.05, 0) is 583 Å². The highest BCUT2D eigenvalue weighted by molar-refractivity contribution is 7.80. The highest BCUT2D eigenvalue weighted by atomic mass is 32.1. The van der Waals surface area contributed by atoms with Gasteiger partial charge >= 0.3 is 0 Å². The highest BCUT2D eigenvalue weighted by Crippen LogP contribution is 2.47. The molecule has 0 aliphatic heterocycles. The SMILES string of the molecule is CNc1c(C)c(C)c(C)c(C)c1-c1nc(C)c(C)c(C)c1C.Cc1nc(-c2c(C)c(C)c(C)c(C)c2O)c(C)c(C)c1C.Cc1nc(-c2c(C)c(C)c(C)c(C)c2O)oc1C.Cc1nc(-c2c(C)c(C)c(C)c(C)c2S)c(C)c(C)c1C.Cc1nc2c(O)c(C)c(C)c(C)c2c(C)c1C.Cc1nn([B-](c2c(C)c(C)c(C)c(C)c2C)(c2c(C)c(C)c(C)c(C)c2C)n2nc(C)c(C)c2C)c(C)c1C. The van der Waals surface area contributed by atoms with Gasteiger partial charge in [-0.25, -0.2) is 20.2 Å². The van der Waals surface area contributed by atoms with Crippen molar-refractivity contribution in [3.63, 3.8) is 0 Å². The Labute approximate surface area is 835 Å². The summed E-state index contributed by atoms with van der Waals surface area (Å²) in [6.45, 7) is 112. The van der Waals surface area contributed by atoms with Crippen LogP contribution in [0.15, 0.2) is 9.31 Å². The van der Waals surface area contributed by atoms with Gasteiger partial charge in [-0.3, -0.25) is 15.0 Å². The fourth-order valence-electron chi connectivity index (χ4n) is 20.8. The summed E-state index contributed by atoms with van der Waals surface area (Å²) in [7, 11) is 2.00. The summed E-state index contributed by atoms with van der Waals surface area (Å²) >= 11 is 4.81. The Morgan fingerprint density at radius 2 is 0.493 bits per heavy atom. The minimum atomic E-state index is -1.86. The van der Waals surface area contributed by atoms with E-state index in [4.69, 9.17) is 42.2 Å². The molecule has 138 heavy (non-hydrogen) atoms. The van der Waals surface area contributed by atoms with E-state index in [2.05, 4.69) is 322 Å². The number of aromatic hydroxyl groups is 3. The first-order chi connectivity index (χ1) is 63.8. The summed E-state index contributed by atoms with van der Waals surface area (Å²) in [5.74, 6) is 2.27. The van der Waals surface area contributed by atoms with Crippen LogP contribution in [0.25, 0.3) is 56.1 Å². The molecule has 7 aromatic heterocycles. The van der Waals surface area contributed by atoms with Gasteiger partial charge in [-0.1, -0.05) is 22.3 Å². The normalized spacial score (nSPS) is 11.3. The molecule has 0 aliphatic rings. The largest absolute Gasteiger partial charge is 0.507 e. The molecule has 7 heterocycles. The average Bonchev–Trinajstić information content (AvgIpc) is 1.51. The first-order valence-electron chi connectivity index (χ1n) is 49.2. The van der Waals surface area contributed by atoms with Crippen molar-refractivity contribution in [1.29, 1.82) is 0 Å². The Morgan fingerprint density at radius 1 is 0.232 bits per heavy atom. The number of anilines is 1. The molecule has 0 unspecified atom stereocenters. The van der Waals surface area contributed by atoms with Crippen molar-refractivity contribution in [3.05, 3.63) is 291 Å². The molecule has 0 saturated heterocycles. The quantitative estimate of drug-likeness (QED) is 0.0681. The molecule has 16 heteroatoms. The van der Waals surface area contributed by atoms with Crippen molar-refractivity contribution in [2.24, 2.45) is 0 Å². The molecule has 14 rings (SSSR count). The van der Waals surface area contributed by atoms with Gasteiger partial charge in [0.25, 0.3) is 6.42 Å². The predicted molar refractivity (Wildman–Crippen MR) is 594 cm³/mol. The molecule has 4 N–H and O–H groups in total.